The van der Waals surface area contributed by atoms with Crippen molar-refractivity contribution in [3.63, 3.8) is 0 Å². The molecule has 0 aromatic rings. The monoisotopic (exact) mass is 299 g/mol. The van der Waals surface area contributed by atoms with Crippen LogP contribution in [0.15, 0.2) is 0 Å². The minimum Gasteiger partial charge on any atom is -2.00 e. The van der Waals surface area contributed by atoms with Crippen molar-refractivity contribution in [2.24, 2.45) is 0 Å². The maximum atomic E-state index is 0. The van der Waals surface area contributed by atoms with Gasteiger partial charge in [0.05, 0.1) is 0 Å². The molecule has 0 aromatic carbocycles. The van der Waals surface area contributed by atoms with E-state index in [2.05, 4.69) is 0 Å². The largest absolute Gasteiger partial charge is 3.00 e. The van der Waals surface area contributed by atoms with Gasteiger partial charge in [0.15, 0.2) is 0 Å². The third-order valence-corrected chi connectivity index (χ3v) is 0. The topological polar surface area (TPSA) is 28.5 Å². The van der Waals surface area contributed by atoms with Gasteiger partial charge in [-0.1, -0.05) is 0 Å². The molecule has 14 valence electrons. The summed E-state index contributed by atoms with van der Waals surface area (Å²) < 4.78 is 0. The molecule has 0 bridgehead atoms. The van der Waals surface area contributed by atoms with E-state index in [4.69, 9.17) is 0 Å². The normalized spacial score (nSPS) is 0. The minimum absolute atomic E-state index is 0. The van der Waals surface area contributed by atoms with E-state index in [-0.39, 0.29) is 104 Å². The number of hydrogen-bond acceptors (Lipinski definition) is 0. The molecule has 0 unspecified atom stereocenters. The summed E-state index contributed by atoms with van der Waals surface area (Å²) in [6.07, 6.45) is 0. The Morgan fingerprint density at radius 1 is 1.00 bits per heavy atom. The second-order valence-electron chi connectivity index (χ2n) is 0. The summed E-state index contributed by atoms with van der Waals surface area (Å²) in [6, 6.07) is 0. The summed E-state index contributed by atoms with van der Waals surface area (Å²) in [6.45, 7) is 0. The van der Waals surface area contributed by atoms with Crippen LogP contribution in [-0.2, 0) is 22.5 Å². The Hall–Kier alpha value is 3.15. The van der Waals surface area contributed by atoms with Gasteiger partial charge in [0.25, 0.3) is 0 Å². The summed E-state index contributed by atoms with van der Waals surface area (Å²) >= 11 is 0. The fraction of sp³-hybridized carbons (Fsp3) is 0. The molecule has 0 aliphatic carbocycles. The second kappa shape index (κ2) is 16.4. The zero-order chi connectivity index (χ0) is 0. The van der Waals surface area contributed by atoms with Crippen molar-refractivity contribution in [2.45, 2.75) is 0 Å². The molecule has 0 atom stereocenters. The van der Waals surface area contributed by atoms with E-state index in [0.29, 0.717) is 0 Å². The molecule has 4 heavy (non-hydrogen) atoms. The van der Waals surface area contributed by atoms with E-state index in [1.807, 2.05) is 0 Å². The average Bonchev–Trinajstić information content (AvgIpc) is 0. The molecular formula is FeLaOSr+5. The molecule has 4 heteroatoms. The molecule has 0 heterocycles. The summed E-state index contributed by atoms with van der Waals surface area (Å²) in [5.41, 5.74) is 0. The first-order valence-electron chi connectivity index (χ1n) is 0. The predicted molar refractivity (Wildman–Crippen MR) is 6.44 cm³/mol. The number of hydrogen-bond donors (Lipinski definition) is 0. The van der Waals surface area contributed by atoms with E-state index < -0.39 is 0 Å². The molecule has 0 saturated heterocycles. The third-order valence-electron chi connectivity index (χ3n) is 0. The molecule has 0 fully saturated rings. The van der Waals surface area contributed by atoms with Gasteiger partial charge in [0, 0.05) is 0 Å². The molecule has 0 radical (unpaired) electrons. The van der Waals surface area contributed by atoms with Crippen LogP contribution in [0.1, 0.15) is 0 Å². The third kappa shape index (κ3) is 8.94. The maximum Gasteiger partial charge on any atom is 3.00 e. The first-order valence-corrected chi connectivity index (χ1v) is 0. The fourth-order valence-corrected chi connectivity index (χ4v) is 0. The van der Waals surface area contributed by atoms with Crippen LogP contribution in [0.4, 0.5) is 0 Å². The minimum atomic E-state index is 0. The summed E-state index contributed by atoms with van der Waals surface area (Å²) in [7, 11) is 0. The van der Waals surface area contributed by atoms with E-state index in [0.717, 1.165) is 0 Å². The molecule has 0 saturated carbocycles. The van der Waals surface area contributed by atoms with E-state index >= 15 is 0 Å². The van der Waals surface area contributed by atoms with Crippen molar-refractivity contribution in [3.05, 3.63) is 0 Å². The van der Waals surface area contributed by atoms with E-state index in [9.17, 15) is 0 Å². The van der Waals surface area contributed by atoms with Crippen molar-refractivity contribution >= 4 is 45.5 Å². The Balaban J connectivity index is 0. The standard InChI is InChI=1S/Fe.La.O.Sr/q+2;+3;-2;+2. The van der Waals surface area contributed by atoms with E-state index in [1.165, 1.54) is 0 Å². The zero-order valence-electron chi connectivity index (χ0n) is 2.05. The van der Waals surface area contributed by atoms with Gasteiger partial charge in [-0.15, -0.1) is 0 Å². The summed E-state index contributed by atoms with van der Waals surface area (Å²) in [4.78, 5) is 0. The molecular weight excluding hydrogens is 298 g/mol. The van der Waals surface area contributed by atoms with Crippen molar-refractivity contribution in [1.29, 1.82) is 0 Å². The van der Waals surface area contributed by atoms with E-state index in [1.54, 1.807) is 0 Å². The van der Waals surface area contributed by atoms with Gasteiger partial charge in [-0.25, -0.2) is 0 Å². The van der Waals surface area contributed by atoms with Crippen LogP contribution in [0.5, 0.6) is 0 Å². The predicted octanol–water partition coefficient (Wildman–Crippen LogP) is -0.502. The van der Waals surface area contributed by atoms with Crippen LogP contribution in [0, 0.1) is 35.6 Å². The Kier molecular flexibility index (Phi) is 112. The smallest absolute Gasteiger partial charge is 2.00 e. The Morgan fingerprint density at radius 2 is 1.00 bits per heavy atom. The van der Waals surface area contributed by atoms with Crippen LogP contribution >= 0.6 is 0 Å². The van der Waals surface area contributed by atoms with Crippen molar-refractivity contribution in [3.8, 4) is 0 Å². The van der Waals surface area contributed by atoms with Gasteiger partial charge in [-0.2, -0.15) is 0 Å². The molecule has 0 aromatic heterocycles. The van der Waals surface area contributed by atoms with Crippen LogP contribution in [0.2, 0.25) is 0 Å². The quantitative estimate of drug-likeness (QED) is 0.540. The van der Waals surface area contributed by atoms with Gasteiger partial charge < -0.3 is 5.48 Å². The second-order valence-corrected chi connectivity index (χ2v) is 0. The average molecular weight is 298 g/mol. The number of rotatable bonds is 0. The van der Waals surface area contributed by atoms with Crippen LogP contribution < -0.4 is 0 Å². The molecule has 0 spiro atoms. The van der Waals surface area contributed by atoms with Gasteiger partial charge in [-0.3, -0.25) is 0 Å². The first-order chi connectivity index (χ1) is 0. The van der Waals surface area contributed by atoms with Crippen LogP contribution in [0.3, 0.4) is 0 Å². The SMILES string of the molecule is [Fe+2].[La+3].[O-2].[Sr+2]. The molecule has 0 aliphatic heterocycles. The van der Waals surface area contributed by atoms with Gasteiger partial charge in [0.2, 0.25) is 0 Å². The van der Waals surface area contributed by atoms with Crippen molar-refractivity contribution in [1.82, 2.24) is 0 Å². The Bertz CT molecular complexity index is 8.00. The van der Waals surface area contributed by atoms with Gasteiger partial charge in [0.1, 0.15) is 0 Å². The summed E-state index contributed by atoms with van der Waals surface area (Å²) in [5.74, 6) is 0. The Labute approximate surface area is 101 Å². The Morgan fingerprint density at radius 3 is 1.00 bits per heavy atom. The molecule has 0 amide bonds. The molecule has 0 aliphatic rings. The summed E-state index contributed by atoms with van der Waals surface area (Å²) in [5, 5.41) is 0. The van der Waals surface area contributed by atoms with Gasteiger partial charge in [-0.05, 0) is 0 Å². The maximum absolute atomic E-state index is 0. The molecule has 0 N–H and O–H groups in total. The molecule has 0 rings (SSSR count). The van der Waals surface area contributed by atoms with Gasteiger partial charge >= 0.3 is 98.1 Å². The zero-order valence-corrected chi connectivity index (χ0v) is 10.3. The van der Waals surface area contributed by atoms with Crippen LogP contribution in [-0.4, -0.2) is 45.5 Å². The van der Waals surface area contributed by atoms with Crippen LogP contribution in [0.25, 0.3) is 0 Å². The van der Waals surface area contributed by atoms with Crippen molar-refractivity contribution in [2.75, 3.05) is 0 Å². The first kappa shape index (κ1) is 27.2. The molecule has 1 nitrogen and oxygen atoms in total. The van der Waals surface area contributed by atoms with Crippen molar-refractivity contribution < 1.29 is 58.1 Å². The fourth-order valence-electron chi connectivity index (χ4n) is 0.